The van der Waals surface area contributed by atoms with Crippen LogP contribution in [0.4, 0.5) is 18.9 Å². The molecular weight excluding hydrogens is 499 g/mol. The van der Waals surface area contributed by atoms with Gasteiger partial charge in [0, 0.05) is 17.2 Å². The second-order valence-corrected chi connectivity index (χ2v) is 9.67. The number of nitrogens with one attached hydrogen (secondary N) is 1. The van der Waals surface area contributed by atoms with Crippen LogP contribution in [0.5, 0.6) is 11.5 Å². The van der Waals surface area contributed by atoms with E-state index in [0.717, 1.165) is 55.2 Å². The third kappa shape index (κ3) is 6.46. The van der Waals surface area contributed by atoms with Gasteiger partial charge in [0.15, 0.2) is 11.5 Å². The smallest absolute Gasteiger partial charge is 0.471 e. The van der Waals surface area contributed by atoms with Crippen molar-refractivity contribution in [2.24, 2.45) is 11.0 Å². The maximum Gasteiger partial charge on any atom is 0.471 e. The van der Waals surface area contributed by atoms with Gasteiger partial charge in [-0.2, -0.15) is 18.3 Å². The Morgan fingerprint density at radius 2 is 1.84 bits per heavy atom. The number of rotatable bonds is 9. The predicted molar refractivity (Wildman–Crippen MR) is 137 cm³/mol. The summed E-state index contributed by atoms with van der Waals surface area (Å²) in [6.07, 6.45) is 1.79. The Hall–Kier alpha value is -3.56. The topological polar surface area (TPSA) is 80.2 Å². The molecule has 2 aromatic rings. The molecule has 204 valence electrons. The van der Waals surface area contributed by atoms with Crippen molar-refractivity contribution in [2.75, 3.05) is 12.4 Å². The van der Waals surface area contributed by atoms with Crippen LogP contribution in [0.2, 0.25) is 0 Å². The molecule has 0 radical (unpaired) electrons. The maximum atomic E-state index is 12.5. The number of amides is 1. The molecule has 0 spiro atoms. The largest absolute Gasteiger partial charge is 0.493 e. The van der Waals surface area contributed by atoms with Crippen molar-refractivity contribution in [1.82, 2.24) is 5.01 Å². The number of hydrazone groups is 1. The van der Waals surface area contributed by atoms with Crippen LogP contribution in [-0.2, 0) is 16.1 Å². The van der Waals surface area contributed by atoms with Gasteiger partial charge in [0.1, 0.15) is 12.3 Å². The lowest BCUT2D eigenvalue weighted by Crippen LogP contribution is -2.41. The number of hydrogen-bond acceptors (Lipinski definition) is 6. The van der Waals surface area contributed by atoms with Gasteiger partial charge in [0.2, 0.25) is 0 Å². The number of anilines is 1. The van der Waals surface area contributed by atoms with Crippen LogP contribution < -0.4 is 14.8 Å². The van der Waals surface area contributed by atoms with E-state index in [2.05, 4.69) is 6.92 Å². The van der Waals surface area contributed by atoms with Crippen LogP contribution in [0.25, 0.3) is 0 Å². The predicted octanol–water partition coefficient (Wildman–Crippen LogP) is 5.72. The van der Waals surface area contributed by atoms with Crippen molar-refractivity contribution < 1.29 is 32.2 Å². The summed E-state index contributed by atoms with van der Waals surface area (Å²) in [6.45, 7) is 2.34. The Bertz CT molecular complexity index is 1160. The van der Waals surface area contributed by atoms with Gasteiger partial charge < -0.3 is 19.6 Å². The van der Waals surface area contributed by atoms with E-state index >= 15 is 0 Å². The molecule has 1 heterocycles. The van der Waals surface area contributed by atoms with Crippen molar-refractivity contribution in [3.05, 3.63) is 53.6 Å². The van der Waals surface area contributed by atoms with E-state index in [0.29, 0.717) is 17.9 Å². The van der Waals surface area contributed by atoms with Crippen molar-refractivity contribution in [2.45, 2.75) is 70.3 Å². The van der Waals surface area contributed by atoms with Gasteiger partial charge >= 0.3 is 12.1 Å². The summed E-state index contributed by atoms with van der Waals surface area (Å²) >= 11 is 0. The summed E-state index contributed by atoms with van der Waals surface area (Å²) in [5, 5.41) is 8.43. The molecule has 4 rings (SSSR count). The molecule has 1 N–H and O–H groups in total. The third-order valence-corrected chi connectivity index (χ3v) is 7.05. The van der Waals surface area contributed by atoms with E-state index in [4.69, 9.17) is 14.6 Å². The van der Waals surface area contributed by atoms with Gasteiger partial charge in [-0.25, -0.2) is 0 Å². The molecule has 0 bridgehead atoms. The molecule has 7 nitrogen and oxygen atoms in total. The first kappa shape index (κ1) is 27.5. The quantitative estimate of drug-likeness (QED) is 0.419. The van der Waals surface area contributed by atoms with E-state index in [9.17, 15) is 22.8 Å². The van der Waals surface area contributed by atoms with Gasteiger partial charge in [-0.3, -0.25) is 9.80 Å². The van der Waals surface area contributed by atoms with Crippen LogP contribution >= 0.6 is 0 Å². The fourth-order valence-corrected chi connectivity index (χ4v) is 4.95. The summed E-state index contributed by atoms with van der Waals surface area (Å²) < 4.78 is 49.4. The second kappa shape index (κ2) is 11.9. The minimum Gasteiger partial charge on any atom is -0.493 e. The number of hydrogen-bond donors (Lipinski definition) is 1. The summed E-state index contributed by atoms with van der Waals surface area (Å²) in [5.41, 5.74) is 2.51. The van der Waals surface area contributed by atoms with Crippen molar-refractivity contribution in [1.29, 1.82) is 0 Å². The number of halogens is 3. The molecule has 2 aromatic carbocycles. The normalized spacial score (nSPS) is 20.1. The molecule has 1 amide bonds. The fourth-order valence-electron chi connectivity index (χ4n) is 4.95. The van der Waals surface area contributed by atoms with Crippen LogP contribution in [-0.4, -0.2) is 48.3 Å². The van der Waals surface area contributed by atoms with Gasteiger partial charge in [-0.1, -0.05) is 19.1 Å². The summed E-state index contributed by atoms with van der Waals surface area (Å²) in [5.74, 6) is -0.632. The van der Waals surface area contributed by atoms with Gasteiger partial charge in [0.05, 0.1) is 25.5 Å². The molecule has 0 aromatic heterocycles. The molecule has 1 fully saturated rings. The molecule has 2 atom stereocenters. The molecule has 10 heteroatoms. The zero-order chi connectivity index (χ0) is 27.3. The van der Waals surface area contributed by atoms with E-state index in [1.54, 1.807) is 24.3 Å². The highest BCUT2D eigenvalue weighted by molar-refractivity contribution is 6.03. The molecule has 2 aliphatic rings. The van der Waals surface area contributed by atoms with E-state index in [1.807, 2.05) is 23.5 Å². The van der Waals surface area contributed by atoms with Gasteiger partial charge in [-0.15, -0.1) is 0 Å². The SMILES string of the molecule is CCC1CC(C=O)N(Cc2ccc(NC(=O)C(F)(F)F)cc2)N=C1c1ccc(OC)c(OC2CCCC2)c1. The number of ether oxygens (including phenoxy) is 2. The number of carbonyl (C=O) groups is 2. The minimum absolute atomic E-state index is 0.0323. The number of aldehydes is 1. The molecule has 1 saturated carbocycles. The first-order valence-electron chi connectivity index (χ1n) is 12.8. The number of alkyl halides is 3. The second-order valence-electron chi connectivity index (χ2n) is 9.67. The summed E-state index contributed by atoms with van der Waals surface area (Å²) in [4.78, 5) is 23.2. The van der Waals surface area contributed by atoms with Crippen molar-refractivity contribution in [3.8, 4) is 11.5 Å². The number of carbonyl (C=O) groups excluding carboxylic acids is 2. The first-order valence-corrected chi connectivity index (χ1v) is 12.8. The highest BCUT2D eigenvalue weighted by atomic mass is 19.4. The van der Waals surface area contributed by atoms with Crippen LogP contribution in [0.1, 0.15) is 56.6 Å². The molecule has 1 aliphatic heterocycles. The lowest BCUT2D eigenvalue weighted by atomic mass is 9.87. The van der Waals surface area contributed by atoms with Crippen LogP contribution in [0.15, 0.2) is 47.6 Å². The Morgan fingerprint density at radius 1 is 1.13 bits per heavy atom. The first-order chi connectivity index (χ1) is 18.2. The average molecular weight is 532 g/mol. The molecule has 2 unspecified atom stereocenters. The number of nitrogens with zero attached hydrogens (tertiary/aromatic N) is 2. The summed E-state index contributed by atoms with van der Waals surface area (Å²) in [7, 11) is 1.61. The molecule has 0 saturated heterocycles. The van der Waals surface area contributed by atoms with Crippen LogP contribution in [0.3, 0.4) is 0 Å². The molecule has 1 aliphatic carbocycles. The highest BCUT2D eigenvalue weighted by Gasteiger charge is 2.38. The van der Waals surface area contributed by atoms with Crippen molar-refractivity contribution >= 4 is 23.6 Å². The molecule has 38 heavy (non-hydrogen) atoms. The Morgan fingerprint density at radius 3 is 2.45 bits per heavy atom. The minimum atomic E-state index is -4.96. The van der Waals surface area contributed by atoms with Gasteiger partial charge in [0.25, 0.3) is 0 Å². The monoisotopic (exact) mass is 531 g/mol. The Labute approximate surface area is 220 Å². The average Bonchev–Trinajstić information content (AvgIpc) is 3.42. The van der Waals surface area contributed by atoms with Crippen LogP contribution in [0, 0.1) is 5.92 Å². The zero-order valence-corrected chi connectivity index (χ0v) is 21.5. The van der Waals surface area contributed by atoms with E-state index in [1.165, 1.54) is 12.1 Å². The van der Waals surface area contributed by atoms with E-state index in [-0.39, 0.29) is 24.3 Å². The standard InChI is InChI=1S/C28H32F3N3O4/c1-3-19-14-22(17-35)34(16-18-8-11-21(12-9-18)32-27(36)28(29,30)31)33-26(19)20-10-13-24(37-2)25(15-20)38-23-6-4-5-7-23/h8-13,15,17,19,22-23H,3-7,14,16H2,1-2H3,(H,32,36). The zero-order valence-electron chi connectivity index (χ0n) is 21.5. The maximum absolute atomic E-state index is 12.5. The highest BCUT2D eigenvalue weighted by Crippen LogP contribution is 2.35. The Kier molecular flexibility index (Phi) is 8.58. The van der Waals surface area contributed by atoms with E-state index < -0.39 is 18.1 Å². The number of methoxy groups -OCH3 is 1. The van der Waals surface area contributed by atoms with Crippen molar-refractivity contribution in [3.63, 3.8) is 0 Å². The number of benzene rings is 2. The fraction of sp³-hybridized carbons (Fsp3) is 0.464. The molecular formula is C28H32F3N3O4. The third-order valence-electron chi connectivity index (χ3n) is 7.05. The van der Waals surface area contributed by atoms with Gasteiger partial charge in [-0.05, 0) is 74.4 Å². The summed E-state index contributed by atoms with van der Waals surface area (Å²) in [6, 6.07) is 11.3. The lowest BCUT2D eigenvalue weighted by Gasteiger charge is -2.35. The lowest BCUT2D eigenvalue weighted by molar-refractivity contribution is -0.167. The Balaban J connectivity index is 1.58.